The van der Waals surface area contributed by atoms with E-state index in [-0.39, 0.29) is 0 Å². The van der Waals surface area contributed by atoms with Crippen molar-refractivity contribution in [2.45, 2.75) is 64.6 Å². The molecule has 1 heterocycles. The van der Waals surface area contributed by atoms with Crippen molar-refractivity contribution < 1.29 is 9.84 Å². The highest BCUT2D eigenvalue weighted by molar-refractivity contribution is 6.31. The van der Waals surface area contributed by atoms with E-state index in [4.69, 9.17) is 16.3 Å². The average Bonchev–Trinajstić information content (AvgIpc) is 2.66. The zero-order chi connectivity index (χ0) is 15.8. The van der Waals surface area contributed by atoms with Crippen LogP contribution >= 0.6 is 11.6 Å². The number of aliphatic hydroxyl groups excluding tert-OH is 1. The van der Waals surface area contributed by atoms with Crippen LogP contribution in [0.1, 0.15) is 50.9 Å². The Morgan fingerprint density at radius 3 is 2.33 bits per heavy atom. The molecule has 1 fully saturated rings. The Labute approximate surface area is 132 Å². The molecular formula is C16H27ClN2O2. The summed E-state index contributed by atoms with van der Waals surface area (Å²) in [6.45, 7) is 6.44. The third-order valence-corrected chi connectivity index (χ3v) is 5.60. The molecule has 0 spiro atoms. The molecule has 0 aliphatic heterocycles. The number of nitrogens with zero attached hydrogens (tertiary/aromatic N) is 2. The van der Waals surface area contributed by atoms with Gasteiger partial charge in [0.25, 0.3) is 0 Å². The van der Waals surface area contributed by atoms with E-state index in [1.807, 2.05) is 14.0 Å². The van der Waals surface area contributed by atoms with E-state index in [9.17, 15) is 5.11 Å². The predicted molar refractivity (Wildman–Crippen MR) is 84.7 cm³/mol. The van der Waals surface area contributed by atoms with Gasteiger partial charge in [-0.15, -0.1) is 0 Å². The molecular weight excluding hydrogens is 288 g/mol. The quantitative estimate of drug-likeness (QED) is 0.928. The fraction of sp³-hybridized carbons (Fsp3) is 0.812. The number of hydrogen-bond donors (Lipinski definition) is 1. The number of halogens is 1. The predicted octanol–water partition coefficient (Wildman–Crippen LogP) is 3.27. The van der Waals surface area contributed by atoms with Crippen LogP contribution in [0.5, 0.6) is 0 Å². The van der Waals surface area contributed by atoms with Crippen molar-refractivity contribution >= 4 is 11.6 Å². The normalized spacial score (nSPS) is 22.2. The Hall–Kier alpha value is -0.580. The second-order valence-corrected chi connectivity index (χ2v) is 7.50. The van der Waals surface area contributed by atoms with Crippen LogP contribution in [0.15, 0.2) is 0 Å². The van der Waals surface area contributed by atoms with E-state index < -0.39 is 11.7 Å². The summed E-state index contributed by atoms with van der Waals surface area (Å²) in [6, 6.07) is 0. The molecule has 21 heavy (non-hydrogen) atoms. The maximum atomic E-state index is 10.8. The summed E-state index contributed by atoms with van der Waals surface area (Å²) in [4.78, 5) is 0. The lowest BCUT2D eigenvalue weighted by molar-refractivity contribution is -0.135. The van der Waals surface area contributed by atoms with Crippen molar-refractivity contribution in [3.05, 3.63) is 16.4 Å². The first-order chi connectivity index (χ1) is 9.71. The molecule has 1 atom stereocenters. The third-order valence-electron chi connectivity index (χ3n) is 5.11. The molecule has 0 amide bonds. The summed E-state index contributed by atoms with van der Waals surface area (Å²) >= 11 is 6.30. The molecule has 1 aromatic rings. The van der Waals surface area contributed by atoms with E-state index in [0.29, 0.717) is 16.9 Å². The molecule has 1 unspecified atom stereocenters. The molecule has 0 aromatic carbocycles. The van der Waals surface area contributed by atoms with E-state index in [1.165, 1.54) is 0 Å². The molecule has 2 rings (SSSR count). The van der Waals surface area contributed by atoms with Gasteiger partial charge in [-0.2, -0.15) is 5.10 Å². The monoisotopic (exact) mass is 314 g/mol. The molecule has 5 heteroatoms. The molecule has 120 valence electrons. The van der Waals surface area contributed by atoms with Crippen molar-refractivity contribution in [1.29, 1.82) is 0 Å². The van der Waals surface area contributed by atoms with Gasteiger partial charge >= 0.3 is 0 Å². The minimum absolute atomic E-state index is 0.336. The van der Waals surface area contributed by atoms with Gasteiger partial charge in [-0.25, -0.2) is 0 Å². The molecule has 0 saturated heterocycles. The largest absolute Gasteiger partial charge is 0.390 e. The van der Waals surface area contributed by atoms with Crippen LogP contribution in [0.3, 0.4) is 0 Å². The van der Waals surface area contributed by atoms with Gasteiger partial charge in [0.15, 0.2) is 0 Å². The molecule has 0 radical (unpaired) electrons. The highest BCUT2D eigenvalue weighted by Crippen LogP contribution is 2.44. The second-order valence-electron chi connectivity index (χ2n) is 7.12. The standard InChI is InChI=1S/C16H27ClN2O2/c1-11-14(17)12(19(4)18-11)10-13(20)16(21-5)8-6-15(2,3)7-9-16/h13,20H,6-10H2,1-5H3. The summed E-state index contributed by atoms with van der Waals surface area (Å²) in [5.41, 5.74) is 1.56. The molecule has 1 aliphatic rings. The van der Waals surface area contributed by atoms with Crippen LogP contribution in [-0.2, 0) is 18.2 Å². The minimum atomic E-state index is -0.564. The van der Waals surface area contributed by atoms with Crippen LogP contribution in [0.2, 0.25) is 5.02 Å². The number of ether oxygens (including phenoxy) is 1. The van der Waals surface area contributed by atoms with E-state index in [2.05, 4.69) is 18.9 Å². The van der Waals surface area contributed by atoms with Crippen molar-refractivity contribution in [2.24, 2.45) is 12.5 Å². The zero-order valence-electron chi connectivity index (χ0n) is 13.7. The first-order valence-electron chi connectivity index (χ1n) is 7.62. The van der Waals surface area contributed by atoms with Gasteiger partial charge < -0.3 is 9.84 Å². The first-order valence-corrected chi connectivity index (χ1v) is 8.00. The van der Waals surface area contributed by atoms with Gasteiger partial charge in [-0.1, -0.05) is 25.4 Å². The highest BCUT2D eigenvalue weighted by atomic mass is 35.5. The maximum Gasteiger partial charge on any atom is 0.0940 e. The number of methoxy groups -OCH3 is 1. The summed E-state index contributed by atoms with van der Waals surface area (Å²) in [7, 11) is 3.57. The Kier molecular flexibility index (Phi) is 4.72. The average molecular weight is 315 g/mol. The fourth-order valence-electron chi connectivity index (χ4n) is 3.29. The summed E-state index contributed by atoms with van der Waals surface area (Å²) in [6.07, 6.45) is 3.81. The first kappa shape index (κ1) is 16.8. The molecule has 1 N–H and O–H groups in total. The van der Waals surface area contributed by atoms with Crippen LogP contribution in [0.4, 0.5) is 0 Å². The number of aliphatic hydroxyl groups is 1. The van der Waals surface area contributed by atoms with Crippen molar-refractivity contribution in [1.82, 2.24) is 9.78 Å². The van der Waals surface area contributed by atoms with Gasteiger partial charge in [-0.3, -0.25) is 4.68 Å². The molecule has 1 saturated carbocycles. The van der Waals surface area contributed by atoms with Crippen molar-refractivity contribution in [3.8, 4) is 0 Å². The lowest BCUT2D eigenvalue weighted by Crippen LogP contribution is -2.49. The van der Waals surface area contributed by atoms with Gasteiger partial charge in [0, 0.05) is 20.6 Å². The lowest BCUT2D eigenvalue weighted by Gasteiger charge is -2.45. The SMILES string of the molecule is COC1(C(O)Cc2c(Cl)c(C)nn2C)CCC(C)(C)CC1. The van der Waals surface area contributed by atoms with E-state index in [0.717, 1.165) is 37.1 Å². The Balaban J connectivity index is 2.16. The zero-order valence-corrected chi connectivity index (χ0v) is 14.5. The number of aromatic nitrogens is 2. The summed E-state index contributed by atoms with van der Waals surface area (Å²) in [5, 5.41) is 15.7. The molecule has 0 bridgehead atoms. The Morgan fingerprint density at radius 1 is 1.33 bits per heavy atom. The lowest BCUT2D eigenvalue weighted by atomic mass is 9.68. The Morgan fingerprint density at radius 2 is 1.90 bits per heavy atom. The van der Waals surface area contributed by atoms with Crippen LogP contribution in [-0.4, -0.2) is 33.7 Å². The van der Waals surface area contributed by atoms with E-state index in [1.54, 1.807) is 11.8 Å². The third kappa shape index (κ3) is 3.27. The fourth-order valence-corrected chi connectivity index (χ4v) is 3.53. The van der Waals surface area contributed by atoms with Crippen LogP contribution in [0, 0.1) is 12.3 Å². The van der Waals surface area contributed by atoms with Gasteiger partial charge in [0.2, 0.25) is 0 Å². The van der Waals surface area contributed by atoms with Gasteiger partial charge in [0.1, 0.15) is 0 Å². The molecule has 1 aliphatic carbocycles. The number of hydrogen-bond acceptors (Lipinski definition) is 3. The number of aryl methyl sites for hydroxylation is 2. The minimum Gasteiger partial charge on any atom is -0.390 e. The second kappa shape index (κ2) is 5.90. The Bertz CT molecular complexity index is 501. The van der Waals surface area contributed by atoms with Crippen LogP contribution in [0.25, 0.3) is 0 Å². The molecule has 4 nitrogen and oxygen atoms in total. The summed E-state index contributed by atoms with van der Waals surface area (Å²) in [5.74, 6) is 0. The molecule has 1 aromatic heterocycles. The van der Waals surface area contributed by atoms with Gasteiger partial charge in [0.05, 0.1) is 28.1 Å². The van der Waals surface area contributed by atoms with Crippen molar-refractivity contribution in [2.75, 3.05) is 7.11 Å². The van der Waals surface area contributed by atoms with Crippen molar-refractivity contribution in [3.63, 3.8) is 0 Å². The summed E-state index contributed by atoms with van der Waals surface area (Å²) < 4.78 is 7.53. The van der Waals surface area contributed by atoms with E-state index >= 15 is 0 Å². The highest BCUT2D eigenvalue weighted by Gasteiger charge is 2.44. The smallest absolute Gasteiger partial charge is 0.0940 e. The van der Waals surface area contributed by atoms with Gasteiger partial charge in [-0.05, 0) is 38.0 Å². The number of rotatable bonds is 4. The van der Waals surface area contributed by atoms with Crippen LogP contribution < -0.4 is 0 Å². The topological polar surface area (TPSA) is 47.3 Å². The maximum absolute atomic E-state index is 10.8.